The summed E-state index contributed by atoms with van der Waals surface area (Å²) in [5, 5.41) is 17.1. The van der Waals surface area contributed by atoms with Gasteiger partial charge in [0.25, 0.3) is 5.56 Å². The number of azo groups is 1. The highest BCUT2D eigenvalue weighted by molar-refractivity contribution is 7.71. The molecule has 0 bridgehead atoms. The normalized spacial score (nSPS) is 10.8. The number of H-pyrrole nitrogens is 2. The molecule has 2 aromatic rings. The molecule has 104 valence electrons. The molecule has 0 unspecified atom stereocenters. The fourth-order valence-electron chi connectivity index (χ4n) is 1.44. The van der Waals surface area contributed by atoms with Crippen LogP contribution in [0.4, 0.5) is 11.4 Å². The van der Waals surface area contributed by atoms with Crippen LogP contribution >= 0.6 is 12.2 Å². The number of aromatic amines is 2. The van der Waals surface area contributed by atoms with Gasteiger partial charge >= 0.3 is 0 Å². The SMILES string of the molecule is CCOc1ccc(N=Nc2c(O)[nH]c(=S)[nH]c2=O)cc1. The molecule has 20 heavy (non-hydrogen) atoms. The lowest BCUT2D eigenvalue weighted by atomic mass is 10.3. The number of ether oxygens (including phenoxy) is 1. The van der Waals surface area contributed by atoms with Crippen molar-refractivity contribution in [2.24, 2.45) is 10.2 Å². The second-order valence-corrected chi connectivity index (χ2v) is 4.14. The third kappa shape index (κ3) is 3.29. The summed E-state index contributed by atoms with van der Waals surface area (Å²) < 4.78 is 5.31. The maximum atomic E-state index is 11.5. The highest BCUT2D eigenvalue weighted by Crippen LogP contribution is 2.22. The van der Waals surface area contributed by atoms with Crippen molar-refractivity contribution >= 4 is 23.6 Å². The van der Waals surface area contributed by atoms with E-state index in [1.165, 1.54) is 0 Å². The molecule has 7 nitrogen and oxygen atoms in total. The number of hydrogen-bond acceptors (Lipinski definition) is 6. The van der Waals surface area contributed by atoms with Gasteiger partial charge in [-0.25, -0.2) is 0 Å². The predicted molar refractivity (Wildman–Crippen MR) is 75.7 cm³/mol. The average Bonchev–Trinajstić information content (AvgIpc) is 2.39. The monoisotopic (exact) mass is 292 g/mol. The van der Waals surface area contributed by atoms with E-state index in [9.17, 15) is 9.90 Å². The van der Waals surface area contributed by atoms with Crippen LogP contribution < -0.4 is 10.3 Å². The summed E-state index contributed by atoms with van der Waals surface area (Å²) >= 11 is 4.71. The Morgan fingerprint density at radius 2 is 1.95 bits per heavy atom. The first-order valence-corrected chi connectivity index (χ1v) is 6.21. The number of benzene rings is 1. The largest absolute Gasteiger partial charge is 0.494 e. The highest BCUT2D eigenvalue weighted by atomic mass is 32.1. The second kappa shape index (κ2) is 6.11. The number of nitrogens with one attached hydrogen (secondary N) is 2. The lowest BCUT2D eigenvalue weighted by Gasteiger charge is -2.01. The molecule has 0 spiro atoms. The molecule has 0 saturated heterocycles. The van der Waals surface area contributed by atoms with E-state index in [-0.39, 0.29) is 10.5 Å². The lowest BCUT2D eigenvalue weighted by Crippen LogP contribution is -2.06. The molecule has 1 heterocycles. The minimum absolute atomic E-state index is 0.0208. The van der Waals surface area contributed by atoms with E-state index in [0.717, 1.165) is 5.75 Å². The molecular weight excluding hydrogens is 280 g/mol. The molecule has 0 saturated carbocycles. The van der Waals surface area contributed by atoms with E-state index < -0.39 is 11.4 Å². The zero-order chi connectivity index (χ0) is 14.5. The van der Waals surface area contributed by atoms with Crippen molar-refractivity contribution < 1.29 is 9.84 Å². The fourth-order valence-corrected chi connectivity index (χ4v) is 1.63. The lowest BCUT2D eigenvalue weighted by molar-refractivity contribution is 0.340. The van der Waals surface area contributed by atoms with Crippen molar-refractivity contribution in [3.05, 3.63) is 39.4 Å². The minimum atomic E-state index is -0.610. The van der Waals surface area contributed by atoms with Crippen LogP contribution in [0.15, 0.2) is 39.3 Å². The van der Waals surface area contributed by atoms with Crippen molar-refractivity contribution in [1.29, 1.82) is 0 Å². The maximum Gasteiger partial charge on any atom is 0.283 e. The summed E-state index contributed by atoms with van der Waals surface area (Å²) in [6, 6.07) is 6.84. The van der Waals surface area contributed by atoms with Gasteiger partial charge in [0.15, 0.2) is 4.77 Å². The van der Waals surface area contributed by atoms with Crippen LogP contribution in [-0.4, -0.2) is 21.7 Å². The van der Waals surface area contributed by atoms with Crippen LogP contribution in [0.25, 0.3) is 0 Å². The van der Waals surface area contributed by atoms with Crippen LogP contribution in [0, 0.1) is 4.77 Å². The number of hydrogen-bond donors (Lipinski definition) is 3. The summed E-state index contributed by atoms with van der Waals surface area (Å²) in [5.74, 6) is 0.296. The predicted octanol–water partition coefficient (Wildman–Crippen LogP) is 2.95. The third-order valence-corrected chi connectivity index (χ3v) is 2.52. The Balaban J connectivity index is 2.25. The van der Waals surface area contributed by atoms with Gasteiger partial charge in [0.05, 0.1) is 12.3 Å². The van der Waals surface area contributed by atoms with Crippen LogP contribution in [0.2, 0.25) is 0 Å². The Hall–Kier alpha value is -2.48. The average molecular weight is 292 g/mol. The number of rotatable bonds is 4. The van der Waals surface area contributed by atoms with E-state index in [1.54, 1.807) is 24.3 Å². The second-order valence-electron chi connectivity index (χ2n) is 3.73. The summed E-state index contributed by atoms with van der Waals surface area (Å²) in [4.78, 5) is 16.2. The van der Waals surface area contributed by atoms with Crippen LogP contribution in [-0.2, 0) is 0 Å². The van der Waals surface area contributed by atoms with Crippen LogP contribution in [0.5, 0.6) is 11.6 Å². The molecule has 2 rings (SSSR count). The molecule has 0 radical (unpaired) electrons. The van der Waals surface area contributed by atoms with Gasteiger partial charge in [-0.1, -0.05) is 0 Å². The molecule has 8 heteroatoms. The molecular formula is C12H12N4O3S. The van der Waals surface area contributed by atoms with Crippen molar-refractivity contribution in [3.63, 3.8) is 0 Å². The van der Waals surface area contributed by atoms with Crippen LogP contribution in [0.1, 0.15) is 6.92 Å². The molecule has 0 atom stereocenters. The zero-order valence-corrected chi connectivity index (χ0v) is 11.4. The zero-order valence-electron chi connectivity index (χ0n) is 10.6. The Labute approximate surface area is 119 Å². The van der Waals surface area contributed by atoms with Crippen molar-refractivity contribution in [2.75, 3.05) is 6.61 Å². The number of nitrogens with zero attached hydrogens (tertiary/aromatic N) is 2. The summed E-state index contributed by atoms with van der Waals surface area (Å²) in [7, 11) is 0. The summed E-state index contributed by atoms with van der Waals surface area (Å²) in [6.45, 7) is 2.47. The van der Waals surface area contributed by atoms with E-state index in [1.807, 2.05) is 6.92 Å². The Morgan fingerprint density at radius 3 is 2.55 bits per heavy atom. The molecule has 0 aliphatic rings. The van der Waals surface area contributed by atoms with Gasteiger partial charge in [0, 0.05) is 0 Å². The van der Waals surface area contributed by atoms with Crippen molar-refractivity contribution in [1.82, 2.24) is 9.97 Å². The topological polar surface area (TPSA) is 103 Å². The van der Waals surface area contributed by atoms with Gasteiger partial charge in [-0.05, 0) is 43.4 Å². The summed E-state index contributed by atoms with van der Waals surface area (Å²) in [6.07, 6.45) is 0. The van der Waals surface area contributed by atoms with Gasteiger partial charge in [-0.15, -0.1) is 5.11 Å². The van der Waals surface area contributed by atoms with Gasteiger partial charge in [0.2, 0.25) is 11.6 Å². The third-order valence-electron chi connectivity index (χ3n) is 2.31. The van der Waals surface area contributed by atoms with E-state index in [4.69, 9.17) is 17.0 Å². The van der Waals surface area contributed by atoms with Gasteiger partial charge in [0.1, 0.15) is 5.75 Å². The standard InChI is InChI=1S/C12H12N4O3S/c1-2-19-8-5-3-7(4-6-8)15-16-9-10(17)13-12(20)14-11(9)18/h3-6H,2H2,1H3,(H3,13,14,17,18,20). The Morgan fingerprint density at radius 1 is 1.25 bits per heavy atom. The van der Waals surface area contributed by atoms with Crippen molar-refractivity contribution in [2.45, 2.75) is 6.92 Å². The molecule has 0 fully saturated rings. The van der Waals surface area contributed by atoms with Gasteiger partial charge < -0.3 is 14.8 Å². The quantitative estimate of drug-likeness (QED) is 0.595. The maximum absolute atomic E-state index is 11.5. The first kappa shape index (κ1) is 13.9. The van der Waals surface area contributed by atoms with E-state index in [0.29, 0.717) is 12.3 Å². The summed E-state index contributed by atoms with van der Waals surface area (Å²) in [5.41, 5.74) is -0.317. The molecule has 1 aromatic heterocycles. The van der Waals surface area contributed by atoms with E-state index >= 15 is 0 Å². The van der Waals surface area contributed by atoms with Gasteiger partial charge in [-0.3, -0.25) is 9.78 Å². The first-order chi connectivity index (χ1) is 9.60. The molecule has 1 aromatic carbocycles. The molecule has 0 aliphatic carbocycles. The molecule has 3 N–H and O–H groups in total. The smallest absolute Gasteiger partial charge is 0.283 e. The minimum Gasteiger partial charge on any atom is -0.494 e. The Bertz CT molecular complexity index is 734. The molecule has 0 aliphatic heterocycles. The van der Waals surface area contributed by atoms with Crippen molar-refractivity contribution in [3.8, 4) is 11.6 Å². The number of aromatic hydroxyl groups is 1. The van der Waals surface area contributed by atoms with Crippen LogP contribution in [0.3, 0.4) is 0 Å². The van der Waals surface area contributed by atoms with Gasteiger partial charge in [-0.2, -0.15) is 5.11 Å². The fraction of sp³-hybridized carbons (Fsp3) is 0.167. The first-order valence-electron chi connectivity index (χ1n) is 5.80. The Kier molecular flexibility index (Phi) is 4.26. The van der Waals surface area contributed by atoms with E-state index in [2.05, 4.69) is 20.2 Å². The number of aromatic nitrogens is 2. The molecule has 0 amide bonds. The highest BCUT2D eigenvalue weighted by Gasteiger charge is 2.05.